The van der Waals surface area contributed by atoms with Crippen LogP contribution in [0.15, 0.2) is 24.3 Å². The smallest absolute Gasteiger partial charge is 0.326 e. The highest BCUT2D eigenvalue weighted by molar-refractivity contribution is 5.90. The van der Waals surface area contributed by atoms with E-state index in [-0.39, 0.29) is 24.7 Å². The molecule has 2 rings (SSSR count). The molecule has 1 aromatic rings. The summed E-state index contributed by atoms with van der Waals surface area (Å²) in [5.41, 5.74) is 1.25. The number of amides is 1. The van der Waals surface area contributed by atoms with Gasteiger partial charge in [0.1, 0.15) is 0 Å². The zero-order valence-corrected chi connectivity index (χ0v) is 15.2. The van der Waals surface area contributed by atoms with Gasteiger partial charge in [0.05, 0.1) is 0 Å². The van der Waals surface area contributed by atoms with Gasteiger partial charge in [0, 0.05) is 18.5 Å². The van der Waals surface area contributed by atoms with Crippen molar-refractivity contribution in [2.24, 2.45) is 11.8 Å². The minimum Gasteiger partial charge on any atom is -0.326 e. The number of carbonyl (C=O) groups is 1. The maximum atomic E-state index is 12.2. The Labute approximate surface area is 153 Å². The van der Waals surface area contributed by atoms with Crippen LogP contribution in [0.25, 0.3) is 0 Å². The first-order chi connectivity index (χ1) is 11.3. The molecule has 1 fully saturated rings. The van der Waals surface area contributed by atoms with Crippen molar-refractivity contribution in [1.82, 2.24) is 5.32 Å². The second-order valence-corrected chi connectivity index (χ2v) is 6.63. The first-order valence-electron chi connectivity index (χ1n) is 8.50. The van der Waals surface area contributed by atoms with Gasteiger partial charge in [-0.05, 0) is 61.9 Å². The van der Waals surface area contributed by atoms with E-state index in [0.29, 0.717) is 29.5 Å². The fourth-order valence-corrected chi connectivity index (χ4v) is 3.13. The van der Waals surface area contributed by atoms with Crippen LogP contribution in [-0.2, 0) is 11.2 Å². The maximum Gasteiger partial charge on any atom is 0.389 e. The van der Waals surface area contributed by atoms with Gasteiger partial charge in [-0.1, -0.05) is 19.1 Å². The molecule has 0 radical (unpaired) electrons. The molecule has 1 aliphatic heterocycles. The molecule has 0 bridgehead atoms. The maximum absolute atomic E-state index is 12.2. The van der Waals surface area contributed by atoms with Crippen molar-refractivity contribution >= 4 is 24.0 Å². The van der Waals surface area contributed by atoms with Crippen molar-refractivity contribution in [1.29, 1.82) is 0 Å². The first-order valence-corrected chi connectivity index (χ1v) is 8.50. The summed E-state index contributed by atoms with van der Waals surface area (Å²) in [4.78, 5) is 12.1. The molecule has 1 atom stereocenters. The molecule has 1 unspecified atom stereocenters. The van der Waals surface area contributed by atoms with E-state index in [2.05, 4.69) is 17.6 Å². The molecule has 0 aromatic heterocycles. The highest BCUT2D eigenvalue weighted by Gasteiger charge is 2.26. The Bertz CT molecular complexity index is 528. The zero-order valence-electron chi connectivity index (χ0n) is 14.4. The summed E-state index contributed by atoms with van der Waals surface area (Å²) in [5.74, 6) is 0.865. The van der Waals surface area contributed by atoms with E-state index >= 15 is 0 Å². The number of nitrogens with one attached hydrogen (secondary N) is 2. The summed E-state index contributed by atoms with van der Waals surface area (Å²) in [6.07, 6.45) is -2.33. The minimum atomic E-state index is -4.14. The normalized spacial score (nSPS) is 16.8. The molecular weight excluding hydrogens is 353 g/mol. The molecule has 0 spiro atoms. The third kappa shape index (κ3) is 8.10. The van der Waals surface area contributed by atoms with Crippen LogP contribution in [0.3, 0.4) is 0 Å². The van der Waals surface area contributed by atoms with Crippen LogP contribution in [0.5, 0.6) is 0 Å². The Hall–Kier alpha value is -1.27. The fraction of sp³-hybridized carbons (Fsp3) is 0.611. The molecule has 0 aliphatic carbocycles. The quantitative estimate of drug-likeness (QED) is 0.761. The number of aryl methyl sites for hydroxylation is 1. The van der Waals surface area contributed by atoms with Crippen LogP contribution in [0.1, 0.15) is 38.2 Å². The van der Waals surface area contributed by atoms with E-state index in [9.17, 15) is 18.0 Å². The van der Waals surface area contributed by atoms with E-state index in [0.717, 1.165) is 25.9 Å². The number of hydrogen-bond acceptors (Lipinski definition) is 2. The fourth-order valence-electron chi connectivity index (χ4n) is 3.13. The highest BCUT2D eigenvalue weighted by atomic mass is 35.5. The average Bonchev–Trinajstić information content (AvgIpc) is 2.54. The molecule has 2 N–H and O–H groups in total. The summed E-state index contributed by atoms with van der Waals surface area (Å²) in [6.45, 7) is 4.13. The summed E-state index contributed by atoms with van der Waals surface area (Å²) >= 11 is 0. The number of anilines is 1. The molecule has 1 amide bonds. The van der Waals surface area contributed by atoms with Crippen molar-refractivity contribution < 1.29 is 18.0 Å². The molecule has 3 nitrogen and oxygen atoms in total. The van der Waals surface area contributed by atoms with Gasteiger partial charge in [-0.2, -0.15) is 13.2 Å². The van der Waals surface area contributed by atoms with E-state index in [1.807, 2.05) is 0 Å². The Balaban J connectivity index is 0.00000312. The number of alkyl halides is 3. The number of hydrogen-bond donors (Lipinski definition) is 2. The lowest BCUT2D eigenvalue weighted by molar-refractivity contribution is -0.134. The Kier molecular flexibility index (Phi) is 8.73. The Morgan fingerprint density at radius 3 is 2.40 bits per heavy atom. The lowest BCUT2D eigenvalue weighted by Crippen LogP contribution is -2.32. The largest absolute Gasteiger partial charge is 0.389 e. The average molecular weight is 379 g/mol. The molecule has 1 aromatic carbocycles. The van der Waals surface area contributed by atoms with Gasteiger partial charge in [-0.15, -0.1) is 12.4 Å². The summed E-state index contributed by atoms with van der Waals surface area (Å²) in [7, 11) is 0. The molecule has 142 valence electrons. The summed E-state index contributed by atoms with van der Waals surface area (Å²) in [5, 5.41) is 6.15. The standard InChI is InChI=1S/C18H25F3N2O.ClH/c1-13(15-7-10-22-11-8-15)12-17(24)23-16-4-2-14(3-5-16)6-9-18(19,20)21;/h2-5,13,15,22H,6-12H2,1H3,(H,23,24);1H. The lowest BCUT2D eigenvalue weighted by atomic mass is 9.84. The highest BCUT2D eigenvalue weighted by Crippen LogP contribution is 2.25. The van der Waals surface area contributed by atoms with E-state index < -0.39 is 12.6 Å². The van der Waals surface area contributed by atoms with Gasteiger partial charge in [0.25, 0.3) is 0 Å². The zero-order chi connectivity index (χ0) is 17.6. The molecule has 1 heterocycles. The van der Waals surface area contributed by atoms with Crippen molar-refractivity contribution in [2.75, 3.05) is 18.4 Å². The number of rotatable bonds is 6. The second-order valence-electron chi connectivity index (χ2n) is 6.63. The second kappa shape index (κ2) is 10.0. The molecule has 25 heavy (non-hydrogen) atoms. The molecule has 1 saturated heterocycles. The van der Waals surface area contributed by atoms with E-state index in [4.69, 9.17) is 0 Å². The third-order valence-electron chi connectivity index (χ3n) is 4.63. The number of carbonyl (C=O) groups excluding carboxylic acids is 1. The Morgan fingerprint density at radius 1 is 1.24 bits per heavy atom. The minimum absolute atomic E-state index is 0. The van der Waals surface area contributed by atoms with Crippen LogP contribution in [-0.4, -0.2) is 25.2 Å². The van der Waals surface area contributed by atoms with Crippen LogP contribution in [0, 0.1) is 11.8 Å². The van der Waals surface area contributed by atoms with Crippen molar-refractivity contribution in [3.05, 3.63) is 29.8 Å². The van der Waals surface area contributed by atoms with Gasteiger partial charge >= 0.3 is 6.18 Å². The van der Waals surface area contributed by atoms with Crippen molar-refractivity contribution in [3.63, 3.8) is 0 Å². The molecule has 7 heteroatoms. The number of halogens is 4. The number of benzene rings is 1. The van der Waals surface area contributed by atoms with Gasteiger partial charge in [0.15, 0.2) is 0 Å². The Morgan fingerprint density at radius 2 is 1.84 bits per heavy atom. The van der Waals surface area contributed by atoms with Gasteiger partial charge in [-0.25, -0.2) is 0 Å². The summed E-state index contributed by atoms with van der Waals surface area (Å²) in [6, 6.07) is 6.60. The van der Waals surface area contributed by atoms with Gasteiger partial charge in [-0.3, -0.25) is 4.79 Å². The SMILES string of the molecule is CC(CC(=O)Nc1ccc(CCC(F)(F)F)cc1)C1CCNCC1.Cl. The van der Waals surface area contributed by atoms with Gasteiger partial charge in [0.2, 0.25) is 5.91 Å². The monoisotopic (exact) mass is 378 g/mol. The van der Waals surface area contributed by atoms with Gasteiger partial charge < -0.3 is 10.6 Å². The topological polar surface area (TPSA) is 41.1 Å². The number of piperidine rings is 1. The van der Waals surface area contributed by atoms with Crippen LogP contribution >= 0.6 is 12.4 Å². The molecular formula is C18H26ClF3N2O. The van der Waals surface area contributed by atoms with E-state index in [1.165, 1.54) is 0 Å². The predicted molar refractivity (Wildman–Crippen MR) is 96.1 cm³/mol. The van der Waals surface area contributed by atoms with Crippen LogP contribution in [0.4, 0.5) is 18.9 Å². The lowest BCUT2D eigenvalue weighted by Gasteiger charge is -2.27. The predicted octanol–water partition coefficient (Wildman–Crippen LogP) is 4.57. The van der Waals surface area contributed by atoms with Crippen LogP contribution < -0.4 is 10.6 Å². The van der Waals surface area contributed by atoms with Crippen molar-refractivity contribution in [2.45, 2.75) is 45.2 Å². The third-order valence-corrected chi connectivity index (χ3v) is 4.63. The molecule has 0 saturated carbocycles. The molecule has 1 aliphatic rings. The van der Waals surface area contributed by atoms with E-state index in [1.54, 1.807) is 24.3 Å². The van der Waals surface area contributed by atoms with Crippen molar-refractivity contribution in [3.8, 4) is 0 Å². The first kappa shape index (κ1) is 21.8. The summed E-state index contributed by atoms with van der Waals surface area (Å²) < 4.78 is 36.6. The van der Waals surface area contributed by atoms with Crippen LogP contribution in [0.2, 0.25) is 0 Å².